The third kappa shape index (κ3) is 8.15. The molecule has 0 fully saturated rings. The number of rotatable bonds is 6. The zero-order valence-corrected chi connectivity index (χ0v) is 36.6. The zero-order valence-electron chi connectivity index (χ0n) is 36.6. The van der Waals surface area contributed by atoms with Crippen LogP contribution >= 0.6 is 0 Å². The molecule has 0 spiro atoms. The van der Waals surface area contributed by atoms with E-state index < -0.39 is 47.0 Å². The lowest BCUT2D eigenvalue weighted by atomic mass is 9.99. The Bertz CT molecular complexity index is 3720. The van der Waals surface area contributed by atoms with Gasteiger partial charge in [-0.2, -0.15) is 52.7 Å². The first-order valence-electron chi connectivity index (χ1n) is 21.9. The largest absolute Gasteiger partial charge is 0.416 e. The molecule has 3 heterocycles. The first-order valence-corrected chi connectivity index (χ1v) is 21.9. The van der Waals surface area contributed by atoms with Gasteiger partial charge in [-0.05, 0) is 115 Å². The first kappa shape index (κ1) is 46.0. The first-order chi connectivity index (χ1) is 34.2. The highest BCUT2D eigenvalue weighted by molar-refractivity contribution is 6.11. The molecule has 0 unspecified atom stereocenters. The summed E-state index contributed by atoms with van der Waals surface area (Å²) in [4.78, 5) is 9.94. The minimum absolute atomic E-state index is 0.106. The predicted octanol–water partition coefficient (Wildman–Crippen LogP) is 17.4. The van der Waals surface area contributed by atoms with E-state index in [0.717, 1.165) is 59.7 Å². The topological polar surface area (TPSA) is 35.6 Å². The van der Waals surface area contributed by atoms with Crippen molar-refractivity contribution in [2.45, 2.75) is 24.7 Å². The molecule has 0 amide bonds. The molecule has 11 rings (SSSR count). The molecule has 0 saturated carbocycles. The average Bonchev–Trinajstić information content (AvgIpc) is 3.87. The Balaban J connectivity index is 1.20. The normalized spacial score (nSPS) is 12.7. The third-order valence-corrected chi connectivity index (χ3v) is 12.6. The molecule has 16 heteroatoms. The molecule has 0 aliphatic heterocycles. The Morgan fingerprint density at radius 1 is 0.306 bits per heavy atom. The number of aromatic nitrogens is 4. The van der Waals surface area contributed by atoms with Crippen molar-refractivity contribution in [1.82, 2.24) is 19.1 Å². The molecule has 0 aliphatic rings. The van der Waals surface area contributed by atoms with Crippen LogP contribution in [0.15, 0.2) is 182 Å². The SMILES string of the molecule is FC(F)(F)c1ccc2c(c1)c1cc(C(F)(F)F)ccc1n2-c1cccc(-c2cc(-c3nc(-c4ccccc4)cc(-c4ccccc4)n3)ccc2-n2c3ccc(C(F)(F)F)cc3c3cc(C(F)(F)F)ccc32)c1. The van der Waals surface area contributed by atoms with Crippen molar-refractivity contribution in [1.29, 1.82) is 0 Å². The molecule has 8 aromatic carbocycles. The standard InChI is InChI=1S/C56H30F12N4/c57-53(58,59)35-15-20-48-41(26-35)42-27-36(54(60,61)62)16-21-49(42)71(48)39-13-7-12-33(24-39)40-25-34(52-69-45(31-8-3-1-4-9-31)30-46(70-52)32-10-5-2-6-11-32)14-19-47(40)72-50-22-17-37(55(63,64)65)28-43(50)44-29-38(56(66,67)68)18-23-51(44)72/h1-30H. The lowest BCUT2D eigenvalue weighted by molar-refractivity contribution is -0.138. The minimum atomic E-state index is -4.85. The van der Waals surface area contributed by atoms with E-state index in [9.17, 15) is 52.7 Å². The highest BCUT2D eigenvalue weighted by Gasteiger charge is 2.35. The summed E-state index contributed by atoms with van der Waals surface area (Å²) in [6.45, 7) is 0. The van der Waals surface area contributed by atoms with E-state index in [1.165, 1.54) is 28.8 Å². The van der Waals surface area contributed by atoms with Gasteiger partial charge >= 0.3 is 24.7 Å². The third-order valence-electron chi connectivity index (χ3n) is 12.6. The monoisotopic (exact) mass is 986 g/mol. The van der Waals surface area contributed by atoms with Crippen molar-refractivity contribution >= 4 is 43.6 Å². The molecule has 4 nitrogen and oxygen atoms in total. The maximum Gasteiger partial charge on any atom is 0.416 e. The Hall–Kier alpha value is -8.40. The number of alkyl halides is 12. The van der Waals surface area contributed by atoms with Gasteiger partial charge < -0.3 is 9.13 Å². The van der Waals surface area contributed by atoms with Gasteiger partial charge in [-0.15, -0.1) is 0 Å². The van der Waals surface area contributed by atoms with E-state index in [1.807, 2.05) is 66.7 Å². The van der Waals surface area contributed by atoms with Gasteiger partial charge in [-0.1, -0.05) is 72.8 Å². The summed E-state index contributed by atoms with van der Waals surface area (Å²) >= 11 is 0. The van der Waals surface area contributed by atoms with E-state index in [4.69, 9.17) is 9.97 Å². The van der Waals surface area contributed by atoms with Crippen LogP contribution in [0, 0.1) is 0 Å². The Morgan fingerprint density at radius 2 is 0.694 bits per heavy atom. The highest BCUT2D eigenvalue weighted by atomic mass is 19.4. The maximum atomic E-state index is 14.3. The van der Waals surface area contributed by atoms with Crippen molar-refractivity contribution in [2.24, 2.45) is 0 Å². The number of halogens is 12. The minimum Gasteiger partial charge on any atom is -0.309 e. The number of hydrogen-bond acceptors (Lipinski definition) is 2. The van der Waals surface area contributed by atoms with Crippen LogP contribution < -0.4 is 0 Å². The van der Waals surface area contributed by atoms with Crippen LogP contribution in [-0.2, 0) is 24.7 Å². The summed E-state index contributed by atoms with van der Waals surface area (Å²) in [6.07, 6.45) is -19.3. The average molecular weight is 987 g/mol. The molecule has 0 atom stereocenters. The molecular weight excluding hydrogens is 957 g/mol. The van der Waals surface area contributed by atoms with Crippen LogP contribution in [0.5, 0.6) is 0 Å². The second-order valence-corrected chi connectivity index (χ2v) is 17.1. The Morgan fingerprint density at radius 3 is 1.10 bits per heavy atom. The van der Waals surface area contributed by atoms with Crippen LogP contribution in [0.4, 0.5) is 52.7 Å². The molecule has 11 aromatic rings. The summed E-state index contributed by atoms with van der Waals surface area (Å²) in [5.74, 6) is 0.245. The fraction of sp³-hybridized carbons (Fsp3) is 0.0714. The van der Waals surface area contributed by atoms with Gasteiger partial charge in [0, 0.05) is 49.5 Å². The molecule has 358 valence electrons. The van der Waals surface area contributed by atoms with E-state index >= 15 is 0 Å². The van der Waals surface area contributed by atoms with E-state index in [1.54, 1.807) is 47.0 Å². The molecule has 72 heavy (non-hydrogen) atoms. The van der Waals surface area contributed by atoms with Gasteiger partial charge in [-0.25, -0.2) is 9.97 Å². The molecular formula is C56H30F12N4. The number of benzene rings is 8. The molecule has 3 aromatic heterocycles. The number of hydrogen-bond donors (Lipinski definition) is 0. The maximum absolute atomic E-state index is 14.3. The van der Waals surface area contributed by atoms with Crippen LogP contribution in [0.1, 0.15) is 22.3 Å². The van der Waals surface area contributed by atoms with Crippen molar-refractivity contribution in [2.75, 3.05) is 0 Å². The zero-order chi connectivity index (χ0) is 50.5. The van der Waals surface area contributed by atoms with E-state index in [-0.39, 0.29) is 55.1 Å². The van der Waals surface area contributed by atoms with Crippen molar-refractivity contribution in [3.63, 3.8) is 0 Å². The number of nitrogens with zero attached hydrogens (tertiary/aromatic N) is 4. The molecule has 0 N–H and O–H groups in total. The van der Waals surface area contributed by atoms with Gasteiger partial charge in [0.25, 0.3) is 0 Å². The fourth-order valence-corrected chi connectivity index (χ4v) is 9.29. The van der Waals surface area contributed by atoms with Gasteiger partial charge in [0.05, 0.1) is 61.4 Å². The van der Waals surface area contributed by atoms with E-state index in [2.05, 4.69) is 0 Å². The lowest BCUT2D eigenvalue weighted by Crippen LogP contribution is -2.05. The smallest absolute Gasteiger partial charge is 0.309 e. The Labute approximate surface area is 399 Å². The van der Waals surface area contributed by atoms with Crippen molar-refractivity contribution < 1.29 is 52.7 Å². The lowest BCUT2D eigenvalue weighted by Gasteiger charge is -2.18. The Kier molecular flexibility index (Phi) is 10.6. The summed E-state index contributed by atoms with van der Waals surface area (Å²) in [6, 6.07) is 43.2. The van der Waals surface area contributed by atoms with Gasteiger partial charge in [-0.3, -0.25) is 0 Å². The quantitative estimate of drug-likeness (QED) is 0.156. The second kappa shape index (κ2) is 16.6. The summed E-state index contributed by atoms with van der Waals surface area (Å²) in [7, 11) is 0. The van der Waals surface area contributed by atoms with Crippen LogP contribution in [0.2, 0.25) is 0 Å². The van der Waals surface area contributed by atoms with Crippen LogP contribution in [0.3, 0.4) is 0 Å². The van der Waals surface area contributed by atoms with E-state index in [0.29, 0.717) is 33.8 Å². The number of fused-ring (bicyclic) bond motifs is 6. The summed E-state index contributed by atoms with van der Waals surface area (Å²) in [5, 5.41) is -0.457. The van der Waals surface area contributed by atoms with Gasteiger partial charge in [0.2, 0.25) is 0 Å². The van der Waals surface area contributed by atoms with Crippen LogP contribution in [-0.4, -0.2) is 19.1 Å². The van der Waals surface area contributed by atoms with Gasteiger partial charge in [0.1, 0.15) is 0 Å². The van der Waals surface area contributed by atoms with Crippen molar-refractivity contribution in [3.8, 4) is 56.4 Å². The molecule has 0 radical (unpaired) electrons. The molecule has 0 aliphatic carbocycles. The fourth-order valence-electron chi connectivity index (χ4n) is 9.29. The van der Waals surface area contributed by atoms with Gasteiger partial charge in [0.15, 0.2) is 5.82 Å². The summed E-state index contributed by atoms with van der Waals surface area (Å²) in [5.41, 5.74) is 0.602. The van der Waals surface area contributed by atoms with Crippen LogP contribution in [0.25, 0.3) is 100 Å². The predicted molar refractivity (Wildman–Crippen MR) is 252 cm³/mol. The molecule has 0 saturated heterocycles. The summed E-state index contributed by atoms with van der Waals surface area (Å²) < 4.78 is 173. The van der Waals surface area contributed by atoms with Crippen molar-refractivity contribution in [3.05, 3.63) is 204 Å². The molecule has 0 bridgehead atoms. The highest BCUT2D eigenvalue weighted by Crippen LogP contribution is 2.45. The second-order valence-electron chi connectivity index (χ2n) is 17.1.